The maximum Gasteiger partial charge on any atom is 0.319 e. The predicted molar refractivity (Wildman–Crippen MR) is 83.0 cm³/mol. The molecule has 0 unspecified atom stereocenters. The van der Waals surface area contributed by atoms with Gasteiger partial charge in [-0.3, -0.25) is 9.69 Å². The van der Waals surface area contributed by atoms with Crippen LogP contribution in [-0.2, 0) is 19.0 Å². The van der Waals surface area contributed by atoms with E-state index in [9.17, 15) is 9.59 Å². The Bertz CT molecular complexity index is 389. The number of nitrogens with zero attached hydrogens (tertiary/aromatic N) is 2. The highest BCUT2D eigenvalue weighted by Crippen LogP contribution is 2.29. The minimum Gasteiger partial charge on any atom is -0.382 e. The zero-order valence-electron chi connectivity index (χ0n) is 13.8. The third-order valence-electron chi connectivity index (χ3n) is 3.79. The summed E-state index contributed by atoms with van der Waals surface area (Å²) in [4.78, 5) is 27.1. The van der Waals surface area contributed by atoms with Crippen molar-refractivity contribution in [1.29, 1.82) is 0 Å². The monoisotopic (exact) mass is 329 g/mol. The molecule has 1 aliphatic carbocycles. The number of carbonyl (C=O) groups excluding carboxylic acids is 2. The van der Waals surface area contributed by atoms with Crippen LogP contribution in [0.1, 0.15) is 19.3 Å². The molecule has 8 nitrogen and oxygen atoms in total. The summed E-state index contributed by atoms with van der Waals surface area (Å²) >= 11 is 0. The summed E-state index contributed by atoms with van der Waals surface area (Å²) in [5.41, 5.74) is 0. The second-order valence-electron chi connectivity index (χ2n) is 5.74. The molecule has 1 saturated heterocycles. The topological polar surface area (TPSA) is 80.3 Å². The Morgan fingerprint density at radius 3 is 2.57 bits per heavy atom. The van der Waals surface area contributed by atoms with Crippen molar-refractivity contribution in [1.82, 2.24) is 15.1 Å². The van der Waals surface area contributed by atoms with Crippen LogP contribution in [0.15, 0.2) is 0 Å². The minimum atomic E-state index is -0.176. The summed E-state index contributed by atoms with van der Waals surface area (Å²) in [6.45, 7) is 3.96. The molecule has 1 aliphatic heterocycles. The molecule has 0 bridgehead atoms. The summed E-state index contributed by atoms with van der Waals surface area (Å²) < 4.78 is 15.5. The van der Waals surface area contributed by atoms with Gasteiger partial charge in [-0.15, -0.1) is 0 Å². The van der Waals surface area contributed by atoms with Gasteiger partial charge in [-0.25, -0.2) is 4.79 Å². The number of methoxy groups -OCH3 is 1. The highest BCUT2D eigenvalue weighted by atomic mass is 16.5. The van der Waals surface area contributed by atoms with E-state index in [2.05, 4.69) is 5.32 Å². The van der Waals surface area contributed by atoms with Gasteiger partial charge in [-0.2, -0.15) is 0 Å². The number of urea groups is 1. The lowest BCUT2D eigenvalue weighted by atomic mass is 10.4. The first-order valence-electron chi connectivity index (χ1n) is 8.19. The molecule has 0 radical (unpaired) electrons. The maximum absolute atomic E-state index is 12.0. The number of nitrogens with one attached hydrogen (secondary N) is 1. The number of ether oxygens (including phenoxy) is 3. The quantitative estimate of drug-likeness (QED) is 0.541. The Balaban J connectivity index is 1.44. The van der Waals surface area contributed by atoms with Crippen molar-refractivity contribution in [2.24, 2.45) is 0 Å². The largest absolute Gasteiger partial charge is 0.382 e. The number of hydrogen-bond acceptors (Lipinski definition) is 5. The van der Waals surface area contributed by atoms with Gasteiger partial charge < -0.3 is 24.4 Å². The number of hydrogen-bond donors (Lipinski definition) is 1. The maximum atomic E-state index is 12.0. The van der Waals surface area contributed by atoms with Crippen molar-refractivity contribution in [3.63, 3.8) is 0 Å². The summed E-state index contributed by atoms with van der Waals surface area (Å²) in [5, 5.41) is 2.82. The zero-order chi connectivity index (χ0) is 16.5. The van der Waals surface area contributed by atoms with Crippen molar-refractivity contribution in [2.45, 2.75) is 25.3 Å². The molecule has 1 heterocycles. The molecule has 0 spiro atoms. The van der Waals surface area contributed by atoms with Crippen LogP contribution in [0.2, 0.25) is 0 Å². The Kier molecular flexibility index (Phi) is 7.57. The van der Waals surface area contributed by atoms with Crippen LogP contribution in [0, 0.1) is 0 Å². The average Bonchev–Trinajstić information content (AvgIpc) is 3.31. The molecule has 132 valence electrons. The van der Waals surface area contributed by atoms with Crippen LogP contribution in [0.25, 0.3) is 0 Å². The van der Waals surface area contributed by atoms with Crippen molar-refractivity contribution in [3.8, 4) is 0 Å². The number of rotatable bonds is 11. The second-order valence-corrected chi connectivity index (χ2v) is 5.74. The molecule has 0 aromatic heterocycles. The summed E-state index contributed by atoms with van der Waals surface area (Å²) in [7, 11) is 1.63. The summed E-state index contributed by atoms with van der Waals surface area (Å²) in [6, 6.07) is 0.184. The van der Waals surface area contributed by atoms with Gasteiger partial charge in [0.05, 0.1) is 33.1 Å². The molecule has 3 amide bonds. The Hall–Kier alpha value is -1.38. The normalized spacial score (nSPS) is 17.9. The van der Waals surface area contributed by atoms with Crippen LogP contribution in [-0.4, -0.2) is 87.7 Å². The molecular weight excluding hydrogens is 302 g/mol. The van der Waals surface area contributed by atoms with E-state index in [1.807, 2.05) is 0 Å². The van der Waals surface area contributed by atoms with Crippen LogP contribution in [0.4, 0.5) is 4.79 Å². The highest BCUT2D eigenvalue weighted by Gasteiger charge is 2.39. The molecule has 2 aliphatic rings. The number of carbonyl (C=O) groups is 2. The molecular formula is C15H27N3O5. The van der Waals surface area contributed by atoms with Crippen molar-refractivity contribution < 1.29 is 23.8 Å². The van der Waals surface area contributed by atoms with Gasteiger partial charge in [0, 0.05) is 26.3 Å². The smallest absolute Gasteiger partial charge is 0.319 e. The predicted octanol–water partition coefficient (Wildman–Crippen LogP) is 0.0298. The van der Waals surface area contributed by atoms with E-state index >= 15 is 0 Å². The van der Waals surface area contributed by atoms with E-state index in [0.717, 1.165) is 19.3 Å². The van der Waals surface area contributed by atoms with Gasteiger partial charge >= 0.3 is 6.03 Å². The molecule has 0 aromatic rings. The summed E-state index contributed by atoms with van der Waals surface area (Å²) in [5.74, 6) is 0.0551. The van der Waals surface area contributed by atoms with E-state index in [0.29, 0.717) is 52.3 Å². The average molecular weight is 329 g/mol. The lowest BCUT2D eigenvalue weighted by Gasteiger charge is -2.18. The fraction of sp³-hybridized carbons (Fsp3) is 0.867. The first kappa shape index (κ1) is 18.0. The van der Waals surface area contributed by atoms with Gasteiger partial charge in [0.2, 0.25) is 5.91 Å². The molecule has 0 atom stereocenters. The highest BCUT2D eigenvalue weighted by molar-refractivity contribution is 5.87. The lowest BCUT2D eigenvalue weighted by molar-refractivity contribution is -0.127. The van der Waals surface area contributed by atoms with Gasteiger partial charge in [0.25, 0.3) is 0 Å². The fourth-order valence-corrected chi connectivity index (χ4v) is 2.35. The van der Waals surface area contributed by atoms with Gasteiger partial charge in [-0.1, -0.05) is 0 Å². The van der Waals surface area contributed by atoms with Gasteiger partial charge in [0.1, 0.15) is 6.54 Å². The Morgan fingerprint density at radius 2 is 1.87 bits per heavy atom. The van der Waals surface area contributed by atoms with E-state index in [4.69, 9.17) is 14.2 Å². The molecule has 1 N–H and O–H groups in total. The van der Waals surface area contributed by atoms with Gasteiger partial charge in [-0.05, 0) is 19.3 Å². The molecule has 2 fully saturated rings. The lowest BCUT2D eigenvalue weighted by Crippen LogP contribution is -2.40. The third kappa shape index (κ3) is 6.32. The molecule has 23 heavy (non-hydrogen) atoms. The summed E-state index contributed by atoms with van der Waals surface area (Å²) in [6.07, 6.45) is 2.86. The molecule has 8 heteroatoms. The zero-order valence-corrected chi connectivity index (χ0v) is 13.8. The van der Waals surface area contributed by atoms with E-state index in [1.54, 1.807) is 16.9 Å². The van der Waals surface area contributed by atoms with Crippen molar-refractivity contribution in [2.75, 3.05) is 59.9 Å². The second kappa shape index (κ2) is 9.69. The van der Waals surface area contributed by atoms with Crippen LogP contribution in [0.5, 0.6) is 0 Å². The molecule has 1 saturated carbocycles. The van der Waals surface area contributed by atoms with Gasteiger partial charge in [0.15, 0.2) is 0 Å². The fourth-order valence-electron chi connectivity index (χ4n) is 2.35. The van der Waals surface area contributed by atoms with Crippen LogP contribution < -0.4 is 5.32 Å². The van der Waals surface area contributed by atoms with E-state index in [-0.39, 0.29) is 18.5 Å². The minimum absolute atomic E-state index is 0.0551. The van der Waals surface area contributed by atoms with E-state index < -0.39 is 0 Å². The van der Waals surface area contributed by atoms with Crippen molar-refractivity contribution in [3.05, 3.63) is 0 Å². The number of amides is 3. The van der Waals surface area contributed by atoms with Crippen LogP contribution >= 0.6 is 0 Å². The Morgan fingerprint density at radius 1 is 1.17 bits per heavy atom. The standard InChI is InChI=1S/C15H27N3O5/c1-21-7-8-23-10-9-22-6-2-5-16-15(20)17-11-14(19)18(12-17)13-3-4-13/h13H,2-12H2,1H3,(H,16,20). The third-order valence-corrected chi connectivity index (χ3v) is 3.79. The van der Waals surface area contributed by atoms with Crippen molar-refractivity contribution >= 4 is 11.9 Å². The molecule has 2 rings (SSSR count). The Labute approximate surface area is 137 Å². The SMILES string of the molecule is COCCOCCOCCCNC(=O)N1CC(=O)N(C2CC2)C1. The first-order chi connectivity index (χ1) is 11.2. The van der Waals surface area contributed by atoms with Crippen LogP contribution in [0.3, 0.4) is 0 Å². The van der Waals surface area contributed by atoms with E-state index in [1.165, 1.54) is 0 Å². The molecule has 0 aromatic carbocycles. The first-order valence-corrected chi connectivity index (χ1v) is 8.19.